The predicted octanol–water partition coefficient (Wildman–Crippen LogP) is 2.75. The topological polar surface area (TPSA) is 92.5 Å². The Morgan fingerprint density at radius 3 is 2.50 bits per heavy atom. The largest absolute Gasteiger partial charge is 0.449 e. The van der Waals surface area contributed by atoms with E-state index in [1.807, 2.05) is 0 Å². The van der Waals surface area contributed by atoms with Crippen molar-refractivity contribution in [1.82, 2.24) is 9.80 Å². The van der Waals surface area contributed by atoms with E-state index < -0.39 is 11.6 Å². The molecular weight excluding hydrogens is 358 g/mol. The summed E-state index contributed by atoms with van der Waals surface area (Å²) in [6.45, 7) is 6.60. The predicted molar refractivity (Wildman–Crippen MR) is 103 cm³/mol. The Kier molecular flexibility index (Phi) is 4.17. The third-order valence-electron chi connectivity index (χ3n) is 6.33. The molecule has 3 aliphatic rings. The van der Waals surface area contributed by atoms with E-state index in [-0.39, 0.29) is 35.1 Å². The van der Waals surface area contributed by atoms with Crippen LogP contribution in [0.15, 0.2) is 24.3 Å². The number of rotatable bonds is 6. The highest BCUT2D eigenvalue weighted by molar-refractivity contribution is 6.08. The maximum Gasteiger partial charge on any atom is 0.412 e. The molecule has 3 saturated heterocycles. The van der Waals surface area contributed by atoms with Crippen molar-refractivity contribution in [2.75, 3.05) is 6.61 Å². The number of hydrogen-bond acceptors (Lipinski definition) is 4. The fraction of sp³-hybridized carbons (Fsp3) is 0.571. The average Bonchev–Trinajstić information content (AvgIpc) is 3.53. The second-order valence-electron chi connectivity index (χ2n) is 8.70. The molecule has 7 nitrogen and oxygen atoms in total. The van der Waals surface area contributed by atoms with E-state index in [9.17, 15) is 14.4 Å². The minimum Gasteiger partial charge on any atom is -0.449 e. The fourth-order valence-corrected chi connectivity index (χ4v) is 5.06. The molecule has 3 amide bonds. The summed E-state index contributed by atoms with van der Waals surface area (Å²) in [6.07, 6.45) is 3.61. The van der Waals surface area contributed by atoms with Crippen LogP contribution in [0.1, 0.15) is 67.2 Å². The molecule has 3 atom stereocenters. The number of amides is 3. The molecule has 150 valence electrons. The van der Waals surface area contributed by atoms with Crippen LogP contribution < -0.4 is 5.73 Å². The van der Waals surface area contributed by atoms with E-state index in [1.54, 1.807) is 34.1 Å². The van der Waals surface area contributed by atoms with Gasteiger partial charge in [-0.2, -0.15) is 0 Å². The monoisotopic (exact) mass is 385 g/mol. The van der Waals surface area contributed by atoms with Crippen LogP contribution in [0.2, 0.25) is 0 Å². The van der Waals surface area contributed by atoms with Crippen molar-refractivity contribution in [1.29, 1.82) is 0 Å². The van der Waals surface area contributed by atoms with Crippen LogP contribution in [-0.4, -0.2) is 52.1 Å². The van der Waals surface area contributed by atoms with Crippen molar-refractivity contribution in [3.63, 3.8) is 0 Å². The van der Waals surface area contributed by atoms with E-state index in [1.165, 1.54) is 0 Å². The molecule has 3 fully saturated rings. The summed E-state index contributed by atoms with van der Waals surface area (Å²) in [6, 6.07) is 6.49. The number of nitrogens with two attached hydrogens (primary N) is 1. The number of nitrogens with zero attached hydrogens (tertiary/aromatic N) is 2. The lowest BCUT2D eigenvalue weighted by molar-refractivity contribution is 0.0494. The second-order valence-corrected chi connectivity index (χ2v) is 8.70. The lowest BCUT2D eigenvalue weighted by Gasteiger charge is -2.27. The number of unbranched alkanes of at least 4 members (excludes halogenated alkanes) is 2. The first-order valence-corrected chi connectivity index (χ1v) is 9.97. The summed E-state index contributed by atoms with van der Waals surface area (Å²) < 4.78 is 5.37. The second kappa shape index (κ2) is 6.22. The van der Waals surface area contributed by atoms with Gasteiger partial charge in [0.25, 0.3) is 5.91 Å². The van der Waals surface area contributed by atoms with E-state index in [2.05, 4.69) is 20.8 Å². The maximum absolute atomic E-state index is 13.4. The zero-order valence-corrected chi connectivity index (χ0v) is 16.6. The van der Waals surface area contributed by atoms with Gasteiger partial charge in [-0.15, -0.1) is 0 Å². The van der Waals surface area contributed by atoms with Crippen molar-refractivity contribution in [2.24, 2.45) is 11.1 Å². The molecule has 1 spiro atoms. The fourth-order valence-electron chi connectivity index (χ4n) is 5.06. The van der Waals surface area contributed by atoms with Crippen LogP contribution in [0.3, 0.4) is 0 Å². The quantitative estimate of drug-likeness (QED) is 0.602. The van der Waals surface area contributed by atoms with Gasteiger partial charge in [-0.25, -0.2) is 4.79 Å². The van der Waals surface area contributed by atoms with E-state index in [0.29, 0.717) is 12.2 Å². The maximum atomic E-state index is 13.4. The zero-order valence-electron chi connectivity index (χ0n) is 16.6. The standard InChI is InChI=1S/C21H27N3O4/c1-4-5-6-11-15-21(18-20(2,3)12-28-19(27)24(18)21)23(15)17(26)14-10-8-7-9-13(14)16(22)25/h7-10,15,18H,4-6,11-12H2,1-3H3,(H2,22,25)/t15-,18?,21-,23?,24?/m1/s1. The number of hydrogen-bond donors (Lipinski definition) is 1. The number of benzene rings is 1. The molecule has 3 heterocycles. The van der Waals surface area contributed by atoms with E-state index in [0.717, 1.165) is 25.7 Å². The molecule has 7 heteroatoms. The molecule has 28 heavy (non-hydrogen) atoms. The van der Waals surface area contributed by atoms with Gasteiger partial charge in [-0.1, -0.05) is 52.2 Å². The lowest BCUT2D eigenvalue weighted by Crippen LogP contribution is -2.37. The molecule has 1 aromatic carbocycles. The SMILES string of the molecule is CCCCC[C@H]1N(C(=O)c2ccccc2C(N)=O)[C@]12C1N2C(=O)OCC1(C)C. The summed E-state index contributed by atoms with van der Waals surface area (Å²) >= 11 is 0. The summed E-state index contributed by atoms with van der Waals surface area (Å²) in [5, 5.41) is 0. The Bertz CT molecular complexity index is 852. The van der Waals surface area contributed by atoms with Crippen LogP contribution >= 0.6 is 0 Å². The van der Waals surface area contributed by atoms with E-state index in [4.69, 9.17) is 10.5 Å². The third kappa shape index (κ3) is 2.45. The molecule has 0 aromatic heterocycles. The first-order valence-electron chi connectivity index (χ1n) is 9.97. The summed E-state index contributed by atoms with van der Waals surface area (Å²) in [7, 11) is 0. The minimum absolute atomic E-state index is 0.0533. The number of cyclic esters (lactones) is 1. The highest BCUT2D eigenvalue weighted by atomic mass is 16.6. The molecule has 1 aromatic rings. The summed E-state index contributed by atoms with van der Waals surface area (Å²) in [5.41, 5.74) is 5.12. The van der Waals surface area contributed by atoms with Gasteiger partial charge in [-0.05, 0) is 18.6 Å². The zero-order chi connectivity index (χ0) is 20.3. The number of carbonyl (C=O) groups excluding carboxylic acids is 3. The van der Waals surface area contributed by atoms with Crippen molar-refractivity contribution >= 4 is 17.9 Å². The minimum atomic E-state index is -0.629. The number of primary amides is 1. The van der Waals surface area contributed by atoms with Crippen LogP contribution in [0.25, 0.3) is 0 Å². The molecule has 3 aliphatic heterocycles. The first kappa shape index (κ1) is 18.8. The Hall–Kier alpha value is -2.57. The Morgan fingerprint density at radius 2 is 1.89 bits per heavy atom. The number of ether oxygens (including phenoxy) is 1. The van der Waals surface area contributed by atoms with Crippen molar-refractivity contribution in [2.45, 2.75) is 64.2 Å². The third-order valence-corrected chi connectivity index (χ3v) is 6.33. The number of fused-ring (bicyclic) bond motifs is 3. The molecule has 2 N–H and O–H groups in total. The van der Waals surface area contributed by atoms with Gasteiger partial charge >= 0.3 is 6.09 Å². The first-order chi connectivity index (χ1) is 13.3. The highest BCUT2D eigenvalue weighted by Crippen LogP contribution is 2.68. The Morgan fingerprint density at radius 1 is 1.21 bits per heavy atom. The smallest absolute Gasteiger partial charge is 0.412 e. The lowest BCUT2D eigenvalue weighted by atomic mass is 9.86. The van der Waals surface area contributed by atoms with Gasteiger partial charge in [0.2, 0.25) is 5.91 Å². The molecular formula is C21H27N3O4. The van der Waals surface area contributed by atoms with Crippen LogP contribution in [0.5, 0.6) is 0 Å². The van der Waals surface area contributed by atoms with Gasteiger partial charge in [-0.3, -0.25) is 14.5 Å². The molecule has 1 unspecified atom stereocenters. The van der Waals surface area contributed by atoms with Gasteiger partial charge in [0, 0.05) is 5.41 Å². The van der Waals surface area contributed by atoms with Crippen LogP contribution in [0, 0.1) is 5.41 Å². The van der Waals surface area contributed by atoms with E-state index >= 15 is 0 Å². The van der Waals surface area contributed by atoms with Crippen LogP contribution in [-0.2, 0) is 4.74 Å². The highest BCUT2D eigenvalue weighted by Gasteiger charge is 2.90. The molecule has 0 bridgehead atoms. The summed E-state index contributed by atoms with van der Waals surface area (Å²) in [5.74, 6) is -0.871. The Balaban J connectivity index is 1.69. The van der Waals surface area contributed by atoms with Gasteiger partial charge in [0.05, 0.1) is 23.2 Å². The average molecular weight is 385 g/mol. The molecule has 4 rings (SSSR count). The van der Waals surface area contributed by atoms with Crippen molar-refractivity contribution in [3.05, 3.63) is 35.4 Å². The Labute approximate surface area is 164 Å². The summed E-state index contributed by atoms with van der Waals surface area (Å²) in [4.78, 5) is 41.2. The molecule has 0 saturated carbocycles. The van der Waals surface area contributed by atoms with Crippen molar-refractivity contribution < 1.29 is 19.1 Å². The molecule has 0 radical (unpaired) electrons. The number of carbonyl (C=O) groups is 3. The normalized spacial score (nSPS) is 29.3. The van der Waals surface area contributed by atoms with Gasteiger partial charge < -0.3 is 15.4 Å². The van der Waals surface area contributed by atoms with Gasteiger partial charge in [0.15, 0.2) is 5.66 Å². The van der Waals surface area contributed by atoms with Crippen LogP contribution in [0.4, 0.5) is 4.79 Å². The van der Waals surface area contributed by atoms with Gasteiger partial charge in [0.1, 0.15) is 6.61 Å². The molecule has 0 aliphatic carbocycles. The van der Waals surface area contributed by atoms with Crippen molar-refractivity contribution in [3.8, 4) is 0 Å².